The number of aryl methyl sites for hydroxylation is 3. The summed E-state index contributed by atoms with van der Waals surface area (Å²) in [4.78, 5) is 22.6. The molecule has 0 aliphatic rings. The van der Waals surface area contributed by atoms with E-state index >= 15 is 0 Å². The SMILES string of the molecule is CC(=O)NCC(=O)c1c(C)cc(C)cc1C. The Balaban J connectivity index is 2.95. The van der Waals surface area contributed by atoms with Crippen molar-refractivity contribution in [3.63, 3.8) is 0 Å². The van der Waals surface area contributed by atoms with Crippen LogP contribution in [0.5, 0.6) is 0 Å². The molecule has 0 unspecified atom stereocenters. The fraction of sp³-hybridized carbons (Fsp3) is 0.385. The average molecular weight is 219 g/mol. The van der Waals surface area contributed by atoms with Gasteiger partial charge in [0, 0.05) is 12.5 Å². The third-order valence-electron chi connectivity index (χ3n) is 2.45. The number of ketones is 1. The zero-order valence-corrected chi connectivity index (χ0v) is 10.2. The number of benzene rings is 1. The van der Waals surface area contributed by atoms with Gasteiger partial charge in [0.25, 0.3) is 0 Å². The highest BCUT2D eigenvalue weighted by Crippen LogP contribution is 2.16. The quantitative estimate of drug-likeness (QED) is 0.789. The minimum absolute atomic E-state index is 0.0369. The Labute approximate surface area is 95.9 Å². The molecule has 1 N–H and O–H groups in total. The van der Waals surface area contributed by atoms with Crippen LogP contribution in [-0.2, 0) is 4.79 Å². The summed E-state index contributed by atoms with van der Waals surface area (Å²) in [5, 5.41) is 2.52. The predicted molar refractivity (Wildman–Crippen MR) is 63.7 cm³/mol. The Morgan fingerprint density at radius 3 is 2.06 bits per heavy atom. The van der Waals surface area contributed by atoms with Gasteiger partial charge in [-0.2, -0.15) is 0 Å². The van der Waals surface area contributed by atoms with E-state index in [9.17, 15) is 9.59 Å². The van der Waals surface area contributed by atoms with Crippen molar-refractivity contribution in [3.05, 3.63) is 34.4 Å². The molecular formula is C13H17NO2. The molecule has 16 heavy (non-hydrogen) atoms. The molecule has 1 rings (SSSR count). The molecule has 86 valence electrons. The number of carbonyl (C=O) groups is 2. The minimum atomic E-state index is -0.184. The van der Waals surface area contributed by atoms with Crippen molar-refractivity contribution in [3.8, 4) is 0 Å². The van der Waals surface area contributed by atoms with E-state index in [1.54, 1.807) is 0 Å². The fourth-order valence-corrected chi connectivity index (χ4v) is 1.91. The second-order valence-corrected chi connectivity index (χ2v) is 4.11. The first kappa shape index (κ1) is 12.4. The molecule has 3 nitrogen and oxygen atoms in total. The average Bonchev–Trinajstić information content (AvgIpc) is 2.12. The van der Waals surface area contributed by atoms with Crippen LogP contribution in [-0.4, -0.2) is 18.2 Å². The van der Waals surface area contributed by atoms with Crippen LogP contribution in [0.3, 0.4) is 0 Å². The lowest BCUT2D eigenvalue weighted by atomic mass is 9.96. The van der Waals surface area contributed by atoms with Gasteiger partial charge < -0.3 is 5.32 Å². The zero-order chi connectivity index (χ0) is 12.3. The van der Waals surface area contributed by atoms with E-state index in [2.05, 4.69) is 5.32 Å². The fourth-order valence-electron chi connectivity index (χ4n) is 1.91. The van der Waals surface area contributed by atoms with E-state index in [0.717, 1.165) is 22.3 Å². The number of Topliss-reactive ketones (excluding diaryl/α,β-unsaturated/α-hetero) is 1. The smallest absolute Gasteiger partial charge is 0.217 e. The number of carbonyl (C=O) groups excluding carboxylic acids is 2. The lowest BCUT2D eigenvalue weighted by molar-refractivity contribution is -0.118. The molecule has 0 heterocycles. The molecule has 1 aromatic rings. The topological polar surface area (TPSA) is 46.2 Å². The standard InChI is InChI=1S/C13H17NO2/c1-8-5-9(2)13(10(3)6-8)12(16)7-14-11(4)15/h5-6H,7H2,1-4H3,(H,14,15). The summed E-state index contributed by atoms with van der Waals surface area (Å²) in [5.74, 6) is -0.221. The van der Waals surface area contributed by atoms with E-state index in [1.807, 2.05) is 32.9 Å². The van der Waals surface area contributed by atoms with Gasteiger partial charge in [-0.25, -0.2) is 0 Å². The number of nitrogens with one attached hydrogen (secondary N) is 1. The van der Waals surface area contributed by atoms with Crippen LogP contribution in [0, 0.1) is 20.8 Å². The summed E-state index contributed by atoms with van der Waals surface area (Å²) >= 11 is 0. The van der Waals surface area contributed by atoms with Crippen LogP contribution in [0.15, 0.2) is 12.1 Å². The molecular weight excluding hydrogens is 202 g/mol. The summed E-state index contributed by atoms with van der Waals surface area (Å²) in [7, 11) is 0. The highest BCUT2D eigenvalue weighted by atomic mass is 16.2. The summed E-state index contributed by atoms with van der Waals surface area (Å²) in [6.07, 6.45) is 0. The number of rotatable bonds is 3. The third kappa shape index (κ3) is 2.92. The molecule has 0 aromatic heterocycles. The van der Waals surface area contributed by atoms with Gasteiger partial charge in [0.15, 0.2) is 5.78 Å². The van der Waals surface area contributed by atoms with Crippen molar-refractivity contribution in [1.29, 1.82) is 0 Å². The molecule has 1 amide bonds. The summed E-state index contributed by atoms with van der Waals surface area (Å²) < 4.78 is 0. The van der Waals surface area contributed by atoms with Crippen molar-refractivity contribution in [2.24, 2.45) is 0 Å². The summed E-state index contributed by atoms with van der Waals surface area (Å²) in [6, 6.07) is 3.96. The predicted octanol–water partition coefficient (Wildman–Crippen LogP) is 1.93. The lowest BCUT2D eigenvalue weighted by Crippen LogP contribution is -2.28. The van der Waals surface area contributed by atoms with Crippen LogP contribution in [0.4, 0.5) is 0 Å². The number of hydrogen-bond donors (Lipinski definition) is 1. The molecule has 0 spiro atoms. The first-order valence-corrected chi connectivity index (χ1v) is 5.27. The maximum atomic E-state index is 11.9. The first-order valence-electron chi connectivity index (χ1n) is 5.27. The van der Waals surface area contributed by atoms with Gasteiger partial charge in [0.05, 0.1) is 6.54 Å². The van der Waals surface area contributed by atoms with Gasteiger partial charge in [0.2, 0.25) is 5.91 Å². The van der Waals surface area contributed by atoms with Gasteiger partial charge >= 0.3 is 0 Å². The third-order valence-corrected chi connectivity index (χ3v) is 2.45. The lowest BCUT2D eigenvalue weighted by Gasteiger charge is -2.10. The monoisotopic (exact) mass is 219 g/mol. The first-order chi connectivity index (χ1) is 7.41. The highest BCUT2D eigenvalue weighted by molar-refractivity contribution is 6.01. The van der Waals surface area contributed by atoms with E-state index in [0.29, 0.717) is 0 Å². The largest absolute Gasteiger partial charge is 0.349 e. The number of amides is 1. The molecule has 0 saturated carbocycles. The second-order valence-electron chi connectivity index (χ2n) is 4.11. The van der Waals surface area contributed by atoms with E-state index in [-0.39, 0.29) is 18.2 Å². The van der Waals surface area contributed by atoms with Crippen molar-refractivity contribution < 1.29 is 9.59 Å². The molecule has 1 aromatic carbocycles. The van der Waals surface area contributed by atoms with E-state index in [4.69, 9.17) is 0 Å². The van der Waals surface area contributed by atoms with Gasteiger partial charge in [-0.3, -0.25) is 9.59 Å². The van der Waals surface area contributed by atoms with Crippen LogP contribution in [0.1, 0.15) is 34.0 Å². The minimum Gasteiger partial charge on any atom is -0.349 e. The molecule has 0 aliphatic heterocycles. The van der Waals surface area contributed by atoms with Crippen LogP contribution >= 0.6 is 0 Å². The molecule has 0 fully saturated rings. The maximum Gasteiger partial charge on any atom is 0.217 e. The van der Waals surface area contributed by atoms with Crippen molar-refractivity contribution in [2.45, 2.75) is 27.7 Å². The molecule has 0 saturated heterocycles. The molecule has 0 bridgehead atoms. The molecule has 0 aliphatic carbocycles. The van der Waals surface area contributed by atoms with Gasteiger partial charge in [0.1, 0.15) is 0 Å². The van der Waals surface area contributed by atoms with Crippen molar-refractivity contribution >= 4 is 11.7 Å². The van der Waals surface area contributed by atoms with Gasteiger partial charge in [-0.05, 0) is 31.9 Å². The Morgan fingerprint density at radius 1 is 1.12 bits per heavy atom. The summed E-state index contributed by atoms with van der Waals surface area (Å²) in [6.45, 7) is 7.31. The van der Waals surface area contributed by atoms with Crippen molar-refractivity contribution in [2.75, 3.05) is 6.54 Å². The molecule has 0 atom stereocenters. The Morgan fingerprint density at radius 2 is 1.62 bits per heavy atom. The van der Waals surface area contributed by atoms with Crippen LogP contribution in [0.2, 0.25) is 0 Å². The van der Waals surface area contributed by atoms with Crippen molar-refractivity contribution in [1.82, 2.24) is 5.32 Å². The molecule has 3 heteroatoms. The van der Waals surface area contributed by atoms with E-state index in [1.165, 1.54) is 6.92 Å². The van der Waals surface area contributed by atoms with Crippen LogP contribution < -0.4 is 5.32 Å². The van der Waals surface area contributed by atoms with Gasteiger partial charge in [-0.15, -0.1) is 0 Å². The van der Waals surface area contributed by atoms with Gasteiger partial charge in [-0.1, -0.05) is 17.7 Å². The highest BCUT2D eigenvalue weighted by Gasteiger charge is 2.12. The Bertz CT molecular complexity index is 413. The normalized spacial score (nSPS) is 10.0. The number of hydrogen-bond acceptors (Lipinski definition) is 2. The zero-order valence-electron chi connectivity index (χ0n) is 10.2. The maximum absolute atomic E-state index is 11.9. The Kier molecular flexibility index (Phi) is 3.82. The summed E-state index contributed by atoms with van der Waals surface area (Å²) in [5.41, 5.74) is 3.80. The van der Waals surface area contributed by atoms with E-state index < -0.39 is 0 Å². The molecule has 0 radical (unpaired) electrons. The van der Waals surface area contributed by atoms with Crippen LogP contribution in [0.25, 0.3) is 0 Å². The second kappa shape index (κ2) is 4.92. The Hall–Kier alpha value is -1.64.